The van der Waals surface area contributed by atoms with Crippen LogP contribution in [-0.4, -0.2) is 35.4 Å². The summed E-state index contributed by atoms with van der Waals surface area (Å²) in [5.74, 6) is 0.0616. The molecule has 1 aromatic heterocycles. The van der Waals surface area contributed by atoms with Gasteiger partial charge in [-0.1, -0.05) is 43.2 Å². The molecule has 0 spiro atoms. The van der Waals surface area contributed by atoms with Gasteiger partial charge >= 0.3 is 0 Å². The normalized spacial score (nSPS) is 17.3. The molecule has 1 fully saturated rings. The number of rotatable bonds is 7. The number of nitrogens with one attached hydrogen (secondary N) is 1. The highest BCUT2D eigenvalue weighted by Crippen LogP contribution is 2.35. The van der Waals surface area contributed by atoms with E-state index >= 15 is 0 Å². The number of carbonyl (C=O) groups is 1. The van der Waals surface area contributed by atoms with Gasteiger partial charge in [-0.05, 0) is 51.7 Å². The van der Waals surface area contributed by atoms with E-state index in [4.69, 9.17) is 4.74 Å². The minimum atomic E-state index is -0.256. The molecule has 1 N–H and O–H groups in total. The molecule has 0 bridgehead atoms. The summed E-state index contributed by atoms with van der Waals surface area (Å²) in [5, 5.41) is 7.84. The Morgan fingerprint density at radius 2 is 2.00 bits per heavy atom. The van der Waals surface area contributed by atoms with Crippen molar-refractivity contribution in [2.24, 2.45) is 0 Å². The zero-order chi connectivity index (χ0) is 20.1. The predicted molar refractivity (Wildman–Crippen MR) is 112 cm³/mol. The Balaban J connectivity index is 1.80. The zero-order valence-corrected chi connectivity index (χ0v) is 17.6. The maximum atomic E-state index is 13.2. The average Bonchev–Trinajstić information content (AvgIpc) is 3.02. The summed E-state index contributed by atoms with van der Waals surface area (Å²) < 4.78 is 7.52. The molecule has 0 saturated carbocycles. The number of hydrogen-bond donors (Lipinski definition) is 1. The highest BCUT2D eigenvalue weighted by molar-refractivity contribution is 5.80. The lowest BCUT2D eigenvalue weighted by molar-refractivity contribution is -0.125. The van der Waals surface area contributed by atoms with Crippen LogP contribution in [0.4, 0.5) is 0 Å². The Kier molecular flexibility index (Phi) is 6.55. The zero-order valence-electron chi connectivity index (χ0n) is 17.6. The first kappa shape index (κ1) is 20.6. The number of benzene rings is 1. The van der Waals surface area contributed by atoms with Crippen LogP contribution in [0.3, 0.4) is 0 Å². The number of hydrogen-bond acceptors (Lipinski definition) is 3. The largest absolute Gasteiger partial charge is 0.381 e. The van der Waals surface area contributed by atoms with Crippen LogP contribution >= 0.6 is 0 Å². The van der Waals surface area contributed by atoms with Crippen LogP contribution < -0.4 is 5.32 Å². The lowest BCUT2D eigenvalue weighted by Crippen LogP contribution is -2.46. The van der Waals surface area contributed by atoms with Crippen molar-refractivity contribution in [1.29, 1.82) is 0 Å². The molecule has 0 radical (unpaired) electrons. The van der Waals surface area contributed by atoms with E-state index in [2.05, 4.69) is 48.5 Å². The van der Waals surface area contributed by atoms with Crippen molar-refractivity contribution in [1.82, 2.24) is 15.1 Å². The van der Waals surface area contributed by atoms with Crippen molar-refractivity contribution in [3.8, 4) is 0 Å². The summed E-state index contributed by atoms with van der Waals surface area (Å²) in [6, 6.07) is 10.4. The van der Waals surface area contributed by atoms with E-state index < -0.39 is 0 Å². The molecule has 1 atom stereocenters. The summed E-state index contributed by atoms with van der Waals surface area (Å²) in [5.41, 5.74) is 4.47. The van der Waals surface area contributed by atoms with Crippen molar-refractivity contribution in [3.63, 3.8) is 0 Å². The van der Waals surface area contributed by atoms with E-state index in [1.807, 2.05) is 24.6 Å². The standard InChI is InChI=1S/C23H33N3O2/c1-5-7-21(26-19(4)15-18(3)25-26)22(27)24-16-23(10-12-28-13-11-23)20-9-6-8-17(2)14-20/h6,8-9,14-15,21H,5,7,10-13,16H2,1-4H3,(H,24,27)/t21-/m0/s1. The molecule has 28 heavy (non-hydrogen) atoms. The first-order chi connectivity index (χ1) is 13.4. The molecule has 152 valence electrons. The quantitative estimate of drug-likeness (QED) is 0.786. The number of aromatic nitrogens is 2. The molecule has 3 rings (SSSR count). The maximum Gasteiger partial charge on any atom is 0.244 e. The van der Waals surface area contributed by atoms with Gasteiger partial charge < -0.3 is 10.1 Å². The van der Waals surface area contributed by atoms with E-state index in [0.29, 0.717) is 6.54 Å². The summed E-state index contributed by atoms with van der Waals surface area (Å²) >= 11 is 0. The van der Waals surface area contributed by atoms with Gasteiger partial charge in [0.15, 0.2) is 0 Å². The molecule has 2 heterocycles. The van der Waals surface area contributed by atoms with E-state index in [9.17, 15) is 4.79 Å². The number of ether oxygens (including phenoxy) is 1. The van der Waals surface area contributed by atoms with E-state index in [1.165, 1.54) is 11.1 Å². The van der Waals surface area contributed by atoms with Crippen LogP contribution in [0.2, 0.25) is 0 Å². The van der Waals surface area contributed by atoms with Gasteiger partial charge in [-0.3, -0.25) is 9.48 Å². The Hall–Kier alpha value is -2.14. The maximum absolute atomic E-state index is 13.2. The highest BCUT2D eigenvalue weighted by atomic mass is 16.5. The fourth-order valence-electron chi connectivity index (χ4n) is 4.28. The van der Waals surface area contributed by atoms with Gasteiger partial charge in [0.25, 0.3) is 0 Å². The minimum Gasteiger partial charge on any atom is -0.381 e. The molecule has 1 amide bonds. The van der Waals surface area contributed by atoms with E-state index in [1.54, 1.807) is 0 Å². The Morgan fingerprint density at radius 1 is 1.25 bits per heavy atom. The molecule has 1 aliphatic heterocycles. The van der Waals surface area contributed by atoms with Gasteiger partial charge in [-0.25, -0.2) is 0 Å². The van der Waals surface area contributed by atoms with Gasteiger partial charge in [0.2, 0.25) is 5.91 Å². The van der Waals surface area contributed by atoms with Crippen LogP contribution in [0.1, 0.15) is 61.2 Å². The molecule has 0 aliphatic carbocycles. The Morgan fingerprint density at radius 3 is 2.61 bits per heavy atom. The second-order valence-electron chi connectivity index (χ2n) is 8.16. The molecule has 1 saturated heterocycles. The third-order valence-corrected chi connectivity index (χ3v) is 5.89. The average molecular weight is 384 g/mol. The number of nitrogens with zero attached hydrogens (tertiary/aromatic N) is 2. The lowest BCUT2D eigenvalue weighted by atomic mass is 9.73. The molecular weight excluding hydrogens is 350 g/mol. The molecule has 2 aromatic rings. The fourth-order valence-corrected chi connectivity index (χ4v) is 4.28. The van der Waals surface area contributed by atoms with Crippen molar-refractivity contribution < 1.29 is 9.53 Å². The second-order valence-corrected chi connectivity index (χ2v) is 8.16. The Labute approximate surface area is 168 Å². The third-order valence-electron chi connectivity index (χ3n) is 5.89. The van der Waals surface area contributed by atoms with Gasteiger partial charge in [0.1, 0.15) is 6.04 Å². The van der Waals surface area contributed by atoms with Crippen LogP contribution in [-0.2, 0) is 14.9 Å². The van der Waals surface area contributed by atoms with Crippen LogP contribution in [0, 0.1) is 20.8 Å². The molecular formula is C23H33N3O2. The molecule has 1 aliphatic rings. The van der Waals surface area contributed by atoms with Crippen LogP contribution in [0.15, 0.2) is 30.3 Å². The van der Waals surface area contributed by atoms with Gasteiger partial charge in [0, 0.05) is 30.9 Å². The second kappa shape index (κ2) is 8.91. The third kappa shape index (κ3) is 4.46. The van der Waals surface area contributed by atoms with Crippen molar-refractivity contribution in [2.45, 2.75) is 64.8 Å². The molecule has 0 unspecified atom stereocenters. The van der Waals surface area contributed by atoms with E-state index in [0.717, 1.165) is 50.3 Å². The van der Waals surface area contributed by atoms with Crippen LogP contribution in [0.25, 0.3) is 0 Å². The first-order valence-corrected chi connectivity index (χ1v) is 10.4. The number of carbonyl (C=O) groups excluding carboxylic acids is 1. The van der Waals surface area contributed by atoms with Gasteiger partial charge in [-0.15, -0.1) is 0 Å². The fraction of sp³-hybridized carbons (Fsp3) is 0.565. The summed E-state index contributed by atoms with van der Waals surface area (Å²) in [6.07, 6.45) is 3.58. The number of amides is 1. The summed E-state index contributed by atoms with van der Waals surface area (Å²) in [4.78, 5) is 13.2. The highest BCUT2D eigenvalue weighted by Gasteiger charge is 2.35. The SMILES string of the molecule is CCC[C@@H](C(=O)NCC1(c2cccc(C)c2)CCOCC1)n1nc(C)cc1C. The minimum absolute atomic E-state index is 0.0616. The molecule has 5 nitrogen and oxygen atoms in total. The molecule has 1 aromatic carbocycles. The predicted octanol–water partition coefficient (Wildman–Crippen LogP) is 4.01. The van der Waals surface area contributed by atoms with Crippen LogP contribution in [0.5, 0.6) is 0 Å². The van der Waals surface area contributed by atoms with Gasteiger partial charge in [0.05, 0.1) is 5.69 Å². The van der Waals surface area contributed by atoms with Crippen molar-refractivity contribution in [3.05, 3.63) is 52.8 Å². The Bertz CT molecular complexity index is 806. The smallest absolute Gasteiger partial charge is 0.244 e. The van der Waals surface area contributed by atoms with Crippen molar-refractivity contribution >= 4 is 5.91 Å². The van der Waals surface area contributed by atoms with Crippen molar-refractivity contribution in [2.75, 3.05) is 19.8 Å². The lowest BCUT2D eigenvalue weighted by Gasteiger charge is -2.38. The first-order valence-electron chi connectivity index (χ1n) is 10.4. The summed E-state index contributed by atoms with van der Waals surface area (Å²) in [6.45, 7) is 10.3. The number of aryl methyl sites for hydroxylation is 3. The van der Waals surface area contributed by atoms with E-state index in [-0.39, 0.29) is 17.4 Å². The topological polar surface area (TPSA) is 56.1 Å². The monoisotopic (exact) mass is 383 g/mol. The van der Waals surface area contributed by atoms with Gasteiger partial charge in [-0.2, -0.15) is 5.10 Å². The summed E-state index contributed by atoms with van der Waals surface area (Å²) in [7, 11) is 0. The molecule has 5 heteroatoms.